The lowest BCUT2D eigenvalue weighted by molar-refractivity contribution is 0.213. The van der Waals surface area contributed by atoms with Crippen LogP contribution in [0.2, 0.25) is 0 Å². The molecule has 0 spiro atoms. The number of hydrogen-bond donors (Lipinski definition) is 2. The van der Waals surface area contributed by atoms with Crippen LogP contribution in [0.4, 0.5) is 0 Å². The van der Waals surface area contributed by atoms with Gasteiger partial charge >= 0.3 is 0 Å². The first-order chi connectivity index (χ1) is 12.1. The molecule has 1 atom stereocenters. The van der Waals surface area contributed by atoms with E-state index in [0.717, 1.165) is 22.9 Å². The van der Waals surface area contributed by atoms with Gasteiger partial charge in [-0.25, -0.2) is 0 Å². The number of benzene rings is 1. The fourth-order valence-corrected chi connectivity index (χ4v) is 2.31. The molecule has 0 saturated heterocycles. The van der Waals surface area contributed by atoms with Crippen LogP contribution in [-0.4, -0.2) is 37.7 Å². The predicted molar refractivity (Wildman–Crippen MR) is 116 cm³/mol. The summed E-state index contributed by atoms with van der Waals surface area (Å²) < 4.78 is 11.2. The number of para-hydroxylation sites is 2. The number of pyridine rings is 1. The van der Waals surface area contributed by atoms with Crippen molar-refractivity contribution in [2.75, 3.05) is 20.7 Å². The molecule has 0 saturated carbocycles. The summed E-state index contributed by atoms with van der Waals surface area (Å²) in [7, 11) is 3.38. The zero-order chi connectivity index (χ0) is 18.1. The number of aryl methyl sites for hydroxylation is 1. The van der Waals surface area contributed by atoms with Crippen molar-refractivity contribution in [3.05, 3.63) is 53.9 Å². The third-order valence-electron chi connectivity index (χ3n) is 3.56. The van der Waals surface area contributed by atoms with Gasteiger partial charge in [0.15, 0.2) is 17.5 Å². The Hall–Kier alpha value is -2.03. The number of nitrogens with zero attached hydrogens (tertiary/aromatic N) is 2. The maximum absolute atomic E-state index is 5.93. The predicted octanol–water partition coefficient (Wildman–Crippen LogP) is 3.15. The van der Waals surface area contributed by atoms with Crippen LogP contribution in [0.1, 0.15) is 18.3 Å². The van der Waals surface area contributed by atoms with E-state index in [0.29, 0.717) is 19.0 Å². The van der Waals surface area contributed by atoms with Gasteiger partial charge in [-0.3, -0.25) is 9.98 Å². The van der Waals surface area contributed by atoms with E-state index in [-0.39, 0.29) is 30.1 Å². The van der Waals surface area contributed by atoms with Gasteiger partial charge in [-0.05, 0) is 38.1 Å². The minimum absolute atomic E-state index is 0. The summed E-state index contributed by atoms with van der Waals surface area (Å²) in [6.45, 7) is 5.20. The first-order valence-electron chi connectivity index (χ1n) is 8.29. The van der Waals surface area contributed by atoms with Gasteiger partial charge in [-0.15, -0.1) is 24.0 Å². The molecular formula is C19H27IN4O2. The summed E-state index contributed by atoms with van der Waals surface area (Å²) in [6.07, 6.45) is -0.0491. The van der Waals surface area contributed by atoms with Crippen LogP contribution in [0.15, 0.2) is 47.5 Å². The molecule has 142 valence electrons. The molecule has 7 heteroatoms. The number of aliphatic imine (C=N–C) groups is 1. The second-order valence-electron chi connectivity index (χ2n) is 5.66. The highest BCUT2D eigenvalue weighted by molar-refractivity contribution is 14.0. The molecular weight excluding hydrogens is 443 g/mol. The molecule has 2 aromatic rings. The van der Waals surface area contributed by atoms with E-state index in [1.54, 1.807) is 14.2 Å². The molecule has 1 aromatic heterocycles. The Morgan fingerprint density at radius 3 is 2.50 bits per heavy atom. The number of methoxy groups -OCH3 is 1. The van der Waals surface area contributed by atoms with Crippen LogP contribution in [0.5, 0.6) is 11.5 Å². The summed E-state index contributed by atoms with van der Waals surface area (Å²) in [5.41, 5.74) is 1.97. The molecule has 0 radical (unpaired) electrons. The van der Waals surface area contributed by atoms with E-state index in [4.69, 9.17) is 9.47 Å². The van der Waals surface area contributed by atoms with Gasteiger partial charge in [0.1, 0.15) is 6.10 Å². The van der Waals surface area contributed by atoms with E-state index < -0.39 is 0 Å². The van der Waals surface area contributed by atoms with Crippen molar-refractivity contribution in [2.24, 2.45) is 4.99 Å². The highest BCUT2D eigenvalue weighted by Crippen LogP contribution is 2.26. The molecule has 6 nitrogen and oxygen atoms in total. The normalized spacial score (nSPS) is 11.9. The number of guanidine groups is 1. The number of ether oxygens (including phenoxy) is 2. The van der Waals surface area contributed by atoms with Crippen LogP contribution < -0.4 is 20.1 Å². The van der Waals surface area contributed by atoms with E-state index in [9.17, 15) is 0 Å². The molecule has 2 rings (SSSR count). The van der Waals surface area contributed by atoms with E-state index in [2.05, 4.69) is 20.6 Å². The Morgan fingerprint density at radius 1 is 1.12 bits per heavy atom. The van der Waals surface area contributed by atoms with E-state index in [1.165, 1.54) is 0 Å². The maximum atomic E-state index is 5.93. The molecule has 1 heterocycles. The summed E-state index contributed by atoms with van der Waals surface area (Å²) in [6, 6.07) is 13.6. The van der Waals surface area contributed by atoms with Gasteiger partial charge in [-0.2, -0.15) is 0 Å². The van der Waals surface area contributed by atoms with Gasteiger partial charge < -0.3 is 20.1 Å². The molecule has 0 bridgehead atoms. The summed E-state index contributed by atoms with van der Waals surface area (Å²) >= 11 is 0. The van der Waals surface area contributed by atoms with Crippen molar-refractivity contribution in [1.82, 2.24) is 15.6 Å². The van der Waals surface area contributed by atoms with E-state index >= 15 is 0 Å². The number of rotatable bonds is 7. The van der Waals surface area contributed by atoms with Crippen LogP contribution in [0, 0.1) is 6.92 Å². The van der Waals surface area contributed by atoms with Crippen LogP contribution in [0.3, 0.4) is 0 Å². The van der Waals surface area contributed by atoms with Crippen molar-refractivity contribution in [3.8, 4) is 11.5 Å². The van der Waals surface area contributed by atoms with Gasteiger partial charge in [0.25, 0.3) is 0 Å². The smallest absolute Gasteiger partial charge is 0.191 e. The second kappa shape index (κ2) is 11.6. The van der Waals surface area contributed by atoms with Gasteiger partial charge in [0.2, 0.25) is 0 Å². The lowest BCUT2D eigenvalue weighted by Gasteiger charge is -2.19. The molecule has 0 fully saturated rings. The molecule has 0 aliphatic carbocycles. The fraction of sp³-hybridized carbons (Fsp3) is 0.368. The largest absolute Gasteiger partial charge is 0.493 e. The Bertz CT molecular complexity index is 709. The molecule has 0 amide bonds. The highest BCUT2D eigenvalue weighted by atomic mass is 127. The first-order valence-corrected chi connectivity index (χ1v) is 8.29. The Balaban J connectivity index is 0.00000338. The zero-order valence-electron chi connectivity index (χ0n) is 15.7. The number of aromatic nitrogens is 1. The SMILES string of the molecule is CN=C(NCc1cccc(C)n1)NCC(C)Oc1ccccc1OC.I. The third kappa shape index (κ3) is 7.07. The Labute approximate surface area is 172 Å². The Kier molecular flexibility index (Phi) is 9.79. The lowest BCUT2D eigenvalue weighted by atomic mass is 10.3. The Morgan fingerprint density at radius 2 is 1.85 bits per heavy atom. The van der Waals surface area contributed by atoms with Gasteiger partial charge in [0.05, 0.1) is 25.9 Å². The fourth-order valence-electron chi connectivity index (χ4n) is 2.31. The highest BCUT2D eigenvalue weighted by Gasteiger charge is 2.09. The summed E-state index contributed by atoms with van der Waals surface area (Å²) in [5, 5.41) is 6.51. The second-order valence-corrected chi connectivity index (χ2v) is 5.66. The van der Waals surface area contributed by atoms with Crippen molar-refractivity contribution >= 4 is 29.9 Å². The molecule has 1 unspecified atom stereocenters. The molecule has 0 aliphatic heterocycles. The van der Waals surface area contributed by atoms with Crippen molar-refractivity contribution in [3.63, 3.8) is 0 Å². The lowest BCUT2D eigenvalue weighted by Crippen LogP contribution is -2.41. The monoisotopic (exact) mass is 470 g/mol. The summed E-state index contributed by atoms with van der Waals surface area (Å²) in [5.74, 6) is 2.16. The number of hydrogen-bond acceptors (Lipinski definition) is 4. The topological polar surface area (TPSA) is 67.8 Å². The van der Waals surface area contributed by atoms with Gasteiger partial charge in [-0.1, -0.05) is 18.2 Å². The van der Waals surface area contributed by atoms with Crippen LogP contribution in [-0.2, 0) is 6.54 Å². The standard InChI is InChI=1S/C19H26N4O2.HI/c1-14-8-7-9-16(23-14)13-22-19(20-3)21-12-15(2)25-18-11-6-5-10-17(18)24-4;/h5-11,15H,12-13H2,1-4H3,(H2,20,21,22);1H. The van der Waals surface area contributed by atoms with Crippen LogP contribution in [0.25, 0.3) is 0 Å². The quantitative estimate of drug-likeness (QED) is 0.370. The van der Waals surface area contributed by atoms with Gasteiger partial charge in [0, 0.05) is 12.7 Å². The molecule has 1 aromatic carbocycles. The molecule has 26 heavy (non-hydrogen) atoms. The minimum Gasteiger partial charge on any atom is -0.493 e. The van der Waals surface area contributed by atoms with Crippen molar-refractivity contribution in [2.45, 2.75) is 26.5 Å². The summed E-state index contributed by atoms with van der Waals surface area (Å²) in [4.78, 5) is 8.69. The van der Waals surface area contributed by atoms with Crippen molar-refractivity contribution < 1.29 is 9.47 Å². The number of nitrogens with one attached hydrogen (secondary N) is 2. The first kappa shape index (κ1) is 22.0. The zero-order valence-corrected chi connectivity index (χ0v) is 18.0. The maximum Gasteiger partial charge on any atom is 0.191 e. The minimum atomic E-state index is -0.0491. The average Bonchev–Trinajstić information content (AvgIpc) is 2.62. The van der Waals surface area contributed by atoms with Crippen LogP contribution >= 0.6 is 24.0 Å². The average molecular weight is 470 g/mol. The van der Waals surface area contributed by atoms with Crippen molar-refractivity contribution in [1.29, 1.82) is 0 Å². The van der Waals surface area contributed by atoms with E-state index in [1.807, 2.05) is 56.3 Å². The number of halogens is 1. The third-order valence-corrected chi connectivity index (χ3v) is 3.56. The molecule has 2 N–H and O–H groups in total. The molecule has 0 aliphatic rings.